The summed E-state index contributed by atoms with van der Waals surface area (Å²) in [4.78, 5) is 28.2. The van der Waals surface area contributed by atoms with Gasteiger partial charge < -0.3 is 4.98 Å². The minimum Gasteiger partial charge on any atom is -0.306 e. The average molecular weight is 590 g/mol. The molecular formula is C34H31N5O3S. The van der Waals surface area contributed by atoms with E-state index >= 15 is 0 Å². The van der Waals surface area contributed by atoms with Crippen LogP contribution in [0.1, 0.15) is 24.4 Å². The summed E-state index contributed by atoms with van der Waals surface area (Å²) < 4.78 is 26.2. The average Bonchev–Trinajstić information content (AvgIpc) is 3.36. The highest BCUT2D eigenvalue weighted by Crippen LogP contribution is 2.32. The first-order valence-electron chi connectivity index (χ1n) is 14.4. The van der Waals surface area contributed by atoms with Crippen LogP contribution in [0.5, 0.6) is 0 Å². The number of rotatable bonds is 6. The van der Waals surface area contributed by atoms with Crippen molar-refractivity contribution < 1.29 is 8.42 Å². The van der Waals surface area contributed by atoms with Crippen LogP contribution in [0.2, 0.25) is 0 Å². The predicted molar refractivity (Wildman–Crippen MR) is 170 cm³/mol. The molecule has 6 aromatic rings. The number of hydrogen-bond donors (Lipinski definition) is 1. The Labute approximate surface area is 249 Å². The number of fused-ring (bicyclic) bond motifs is 2. The standard InChI is InChI=1S/C34H31N5O3S/c1-43(41,42)27-15-16-28-30(21-27)36-32(24-7-3-2-4-8-24)33(35-28)25-13-11-23(12-14-25)22-38-19-17-26(18-20-38)39-31-10-6-5-9-29(31)37-34(39)40/h2-16,21,26H,17-20,22H2,1H3,(H,37,40). The molecule has 7 rings (SSSR count). The molecule has 2 aromatic heterocycles. The fourth-order valence-electron chi connectivity index (χ4n) is 6.06. The quantitative estimate of drug-likeness (QED) is 0.262. The summed E-state index contributed by atoms with van der Waals surface area (Å²) in [6.07, 6.45) is 3.05. The monoisotopic (exact) mass is 589 g/mol. The molecule has 1 aliphatic rings. The van der Waals surface area contributed by atoms with E-state index < -0.39 is 9.84 Å². The molecule has 0 spiro atoms. The molecule has 0 amide bonds. The number of para-hydroxylation sites is 2. The van der Waals surface area contributed by atoms with Gasteiger partial charge in [0.1, 0.15) is 0 Å². The third kappa shape index (κ3) is 5.37. The number of imidazole rings is 1. The molecule has 1 N–H and O–H groups in total. The Balaban J connectivity index is 1.12. The number of hydrogen-bond acceptors (Lipinski definition) is 6. The van der Waals surface area contributed by atoms with Gasteiger partial charge in [-0.25, -0.2) is 23.2 Å². The van der Waals surface area contributed by atoms with Crippen LogP contribution in [0, 0.1) is 0 Å². The Morgan fingerprint density at radius 2 is 1.44 bits per heavy atom. The number of nitrogens with one attached hydrogen (secondary N) is 1. The van der Waals surface area contributed by atoms with Gasteiger partial charge in [0.2, 0.25) is 0 Å². The van der Waals surface area contributed by atoms with Gasteiger partial charge in [0.15, 0.2) is 9.84 Å². The Hall–Kier alpha value is -4.60. The lowest BCUT2D eigenvalue weighted by molar-refractivity contribution is 0.180. The van der Waals surface area contributed by atoms with Crippen LogP contribution in [-0.4, -0.2) is 52.2 Å². The summed E-state index contributed by atoms with van der Waals surface area (Å²) in [5, 5.41) is 0. The van der Waals surface area contributed by atoms with Crippen LogP contribution in [-0.2, 0) is 16.4 Å². The van der Waals surface area contributed by atoms with Gasteiger partial charge >= 0.3 is 5.69 Å². The van der Waals surface area contributed by atoms with E-state index in [1.165, 1.54) is 11.8 Å². The van der Waals surface area contributed by atoms with Gasteiger partial charge in [-0.3, -0.25) is 9.47 Å². The van der Waals surface area contributed by atoms with Crippen molar-refractivity contribution in [1.29, 1.82) is 0 Å². The number of H-pyrrole nitrogens is 1. The number of benzene rings is 4. The second-order valence-corrected chi connectivity index (χ2v) is 13.2. The fourth-order valence-corrected chi connectivity index (χ4v) is 6.70. The third-order valence-electron chi connectivity index (χ3n) is 8.29. The van der Waals surface area contributed by atoms with Crippen LogP contribution in [0.25, 0.3) is 44.6 Å². The van der Waals surface area contributed by atoms with Gasteiger partial charge in [-0.1, -0.05) is 66.7 Å². The fraction of sp³-hybridized carbons (Fsp3) is 0.206. The highest BCUT2D eigenvalue weighted by atomic mass is 32.2. The van der Waals surface area contributed by atoms with E-state index in [-0.39, 0.29) is 16.6 Å². The lowest BCUT2D eigenvalue weighted by atomic mass is 10.0. The maximum absolute atomic E-state index is 12.7. The molecule has 43 heavy (non-hydrogen) atoms. The van der Waals surface area contributed by atoms with Crippen LogP contribution in [0.4, 0.5) is 0 Å². The van der Waals surface area contributed by atoms with E-state index in [2.05, 4.69) is 34.1 Å². The first-order valence-corrected chi connectivity index (χ1v) is 16.3. The van der Waals surface area contributed by atoms with Crippen LogP contribution < -0.4 is 5.69 Å². The lowest BCUT2D eigenvalue weighted by Gasteiger charge is -2.32. The van der Waals surface area contributed by atoms with E-state index in [0.717, 1.165) is 60.3 Å². The van der Waals surface area contributed by atoms with Crippen molar-refractivity contribution in [1.82, 2.24) is 24.4 Å². The van der Waals surface area contributed by atoms with E-state index in [0.29, 0.717) is 16.7 Å². The minimum absolute atomic E-state index is 0.0299. The maximum atomic E-state index is 12.7. The van der Waals surface area contributed by atoms with Gasteiger partial charge in [-0.05, 0) is 48.7 Å². The zero-order valence-electron chi connectivity index (χ0n) is 23.8. The van der Waals surface area contributed by atoms with Gasteiger partial charge in [-0.2, -0.15) is 0 Å². The summed E-state index contributed by atoms with van der Waals surface area (Å²) in [6.45, 7) is 2.67. The molecule has 0 atom stereocenters. The molecule has 0 aliphatic carbocycles. The van der Waals surface area contributed by atoms with Gasteiger partial charge in [0.05, 0.1) is 38.4 Å². The molecule has 0 bridgehead atoms. The first kappa shape index (κ1) is 27.2. The summed E-state index contributed by atoms with van der Waals surface area (Å²) in [7, 11) is -3.36. The number of aromatic amines is 1. The molecule has 0 radical (unpaired) electrons. The Kier molecular flexibility index (Phi) is 6.91. The maximum Gasteiger partial charge on any atom is 0.326 e. The van der Waals surface area contributed by atoms with E-state index in [1.54, 1.807) is 18.2 Å². The number of nitrogens with zero attached hydrogens (tertiary/aromatic N) is 4. The van der Waals surface area contributed by atoms with Crippen molar-refractivity contribution in [2.24, 2.45) is 0 Å². The molecule has 1 fully saturated rings. The minimum atomic E-state index is -3.36. The first-order chi connectivity index (χ1) is 20.8. The van der Waals surface area contributed by atoms with E-state index in [9.17, 15) is 13.2 Å². The summed E-state index contributed by atoms with van der Waals surface area (Å²) in [6, 6.07) is 31.3. The molecule has 0 unspecified atom stereocenters. The second kappa shape index (κ2) is 10.9. The van der Waals surface area contributed by atoms with Gasteiger partial charge in [-0.15, -0.1) is 0 Å². The molecule has 0 saturated carbocycles. The number of likely N-dealkylation sites (tertiary alicyclic amines) is 1. The van der Waals surface area contributed by atoms with E-state index in [4.69, 9.17) is 9.97 Å². The molecule has 3 heterocycles. The normalized spacial score (nSPS) is 14.9. The van der Waals surface area contributed by atoms with Crippen LogP contribution in [0.15, 0.2) is 107 Å². The Bertz CT molecular complexity index is 2110. The highest BCUT2D eigenvalue weighted by Gasteiger charge is 2.24. The Morgan fingerprint density at radius 1 is 0.791 bits per heavy atom. The molecule has 216 valence electrons. The molecule has 8 nitrogen and oxygen atoms in total. The number of aromatic nitrogens is 4. The Morgan fingerprint density at radius 3 is 2.16 bits per heavy atom. The van der Waals surface area contributed by atoms with Crippen LogP contribution >= 0.6 is 0 Å². The van der Waals surface area contributed by atoms with Crippen molar-refractivity contribution in [3.05, 3.63) is 113 Å². The zero-order valence-corrected chi connectivity index (χ0v) is 24.6. The SMILES string of the molecule is CS(=O)(=O)c1ccc2nc(-c3ccc(CN4CCC(n5c(=O)[nH]c6ccccc65)CC4)cc3)c(-c3ccccc3)nc2c1. The van der Waals surface area contributed by atoms with Gasteiger partial charge in [0.25, 0.3) is 0 Å². The second-order valence-electron chi connectivity index (χ2n) is 11.2. The predicted octanol–water partition coefficient (Wildman–Crippen LogP) is 5.85. The molecular weight excluding hydrogens is 558 g/mol. The molecule has 9 heteroatoms. The third-order valence-corrected chi connectivity index (χ3v) is 9.40. The highest BCUT2D eigenvalue weighted by molar-refractivity contribution is 7.90. The van der Waals surface area contributed by atoms with Crippen molar-refractivity contribution in [3.63, 3.8) is 0 Å². The van der Waals surface area contributed by atoms with E-state index in [1.807, 2.05) is 59.2 Å². The number of piperidine rings is 1. The topological polar surface area (TPSA) is 101 Å². The molecule has 4 aromatic carbocycles. The largest absolute Gasteiger partial charge is 0.326 e. The zero-order chi connectivity index (χ0) is 29.6. The summed E-state index contributed by atoms with van der Waals surface area (Å²) in [5.74, 6) is 0. The van der Waals surface area contributed by atoms with Crippen molar-refractivity contribution in [3.8, 4) is 22.5 Å². The molecule has 1 saturated heterocycles. The molecule has 1 aliphatic heterocycles. The van der Waals surface area contributed by atoms with Crippen molar-refractivity contribution >= 4 is 31.9 Å². The summed E-state index contributed by atoms with van der Waals surface area (Å²) in [5.41, 5.74) is 7.55. The lowest BCUT2D eigenvalue weighted by Crippen LogP contribution is -2.36. The smallest absolute Gasteiger partial charge is 0.306 e. The van der Waals surface area contributed by atoms with Crippen molar-refractivity contribution in [2.75, 3.05) is 19.3 Å². The van der Waals surface area contributed by atoms with Crippen molar-refractivity contribution in [2.45, 2.75) is 30.3 Å². The summed E-state index contributed by atoms with van der Waals surface area (Å²) >= 11 is 0. The van der Waals surface area contributed by atoms with Crippen LogP contribution in [0.3, 0.4) is 0 Å². The van der Waals surface area contributed by atoms with Gasteiger partial charge in [0, 0.05) is 43.1 Å². The number of sulfone groups is 1.